The van der Waals surface area contributed by atoms with Crippen molar-refractivity contribution in [3.63, 3.8) is 0 Å². The maximum Gasteiger partial charge on any atom is 0.211 e. The number of piperazine rings is 1. The van der Waals surface area contributed by atoms with E-state index in [0.717, 1.165) is 32.7 Å². The Hall–Kier alpha value is -0.170. The lowest BCUT2D eigenvalue weighted by Crippen LogP contribution is -2.52. The highest BCUT2D eigenvalue weighted by Crippen LogP contribution is 2.29. The predicted molar refractivity (Wildman–Crippen MR) is 73.1 cm³/mol. The van der Waals surface area contributed by atoms with E-state index in [0.29, 0.717) is 18.5 Å². The molecule has 2 aliphatic rings. The van der Waals surface area contributed by atoms with Crippen LogP contribution in [-0.4, -0.2) is 69.7 Å². The van der Waals surface area contributed by atoms with Gasteiger partial charge < -0.3 is 10.2 Å². The zero-order valence-corrected chi connectivity index (χ0v) is 12.3. The average molecular weight is 275 g/mol. The first-order valence-electron chi connectivity index (χ1n) is 6.77. The Kier molecular flexibility index (Phi) is 4.31. The number of nitrogens with zero attached hydrogens (tertiary/aromatic N) is 2. The SMILES string of the molecule is CC1(CN2CCN(S(C)(=O)=O)CC2)CCNCC1. The van der Waals surface area contributed by atoms with Crippen LogP contribution in [0.2, 0.25) is 0 Å². The van der Waals surface area contributed by atoms with Crippen LogP contribution in [-0.2, 0) is 10.0 Å². The number of nitrogens with one attached hydrogen (secondary N) is 1. The predicted octanol–water partition coefficient (Wildman–Crippen LogP) is -0.0467. The van der Waals surface area contributed by atoms with Crippen molar-refractivity contribution >= 4 is 10.0 Å². The molecule has 0 unspecified atom stereocenters. The Labute approximate surface area is 111 Å². The molecule has 2 fully saturated rings. The van der Waals surface area contributed by atoms with Gasteiger partial charge in [0.1, 0.15) is 0 Å². The monoisotopic (exact) mass is 275 g/mol. The van der Waals surface area contributed by atoms with Gasteiger partial charge >= 0.3 is 0 Å². The van der Waals surface area contributed by atoms with E-state index in [1.165, 1.54) is 19.1 Å². The standard InChI is InChI=1S/C12H25N3O2S/c1-12(3-5-13-6-4-12)11-14-7-9-15(10-8-14)18(2,16)17/h13H,3-11H2,1-2H3. The van der Waals surface area contributed by atoms with Gasteiger partial charge in [0, 0.05) is 32.7 Å². The summed E-state index contributed by atoms with van der Waals surface area (Å²) in [6.07, 6.45) is 3.75. The minimum Gasteiger partial charge on any atom is -0.317 e. The molecular formula is C12H25N3O2S. The second kappa shape index (κ2) is 5.45. The van der Waals surface area contributed by atoms with E-state index in [-0.39, 0.29) is 0 Å². The first kappa shape index (κ1) is 14.2. The van der Waals surface area contributed by atoms with Crippen LogP contribution >= 0.6 is 0 Å². The molecular weight excluding hydrogens is 250 g/mol. The fourth-order valence-electron chi connectivity index (χ4n) is 2.95. The van der Waals surface area contributed by atoms with Crippen LogP contribution in [0.4, 0.5) is 0 Å². The Morgan fingerprint density at radius 1 is 1.11 bits per heavy atom. The van der Waals surface area contributed by atoms with Crippen molar-refractivity contribution in [3.8, 4) is 0 Å². The van der Waals surface area contributed by atoms with Crippen LogP contribution in [0.15, 0.2) is 0 Å². The molecule has 0 spiro atoms. The van der Waals surface area contributed by atoms with Gasteiger partial charge in [-0.3, -0.25) is 0 Å². The quantitative estimate of drug-likeness (QED) is 0.785. The normalized spacial score (nSPS) is 27.2. The third kappa shape index (κ3) is 3.66. The van der Waals surface area contributed by atoms with E-state index in [9.17, 15) is 8.42 Å². The summed E-state index contributed by atoms with van der Waals surface area (Å²) < 4.78 is 24.5. The summed E-state index contributed by atoms with van der Waals surface area (Å²) in [4.78, 5) is 2.42. The van der Waals surface area contributed by atoms with E-state index in [1.54, 1.807) is 4.31 Å². The maximum absolute atomic E-state index is 11.4. The highest BCUT2D eigenvalue weighted by atomic mass is 32.2. The lowest BCUT2D eigenvalue weighted by Gasteiger charge is -2.41. The van der Waals surface area contributed by atoms with E-state index in [4.69, 9.17) is 0 Å². The third-order valence-electron chi connectivity index (χ3n) is 4.22. The summed E-state index contributed by atoms with van der Waals surface area (Å²) in [5.41, 5.74) is 0.401. The molecule has 0 bridgehead atoms. The van der Waals surface area contributed by atoms with Crippen molar-refractivity contribution in [2.45, 2.75) is 19.8 Å². The van der Waals surface area contributed by atoms with E-state index >= 15 is 0 Å². The largest absolute Gasteiger partial charge is 0.317 e. The summed E-state index contributed by atoms with van der Waals surface area (Å²) >= 11 is 0. The zero-order chi connectivity index (χ0) is 13.2. The van der Waals surface area contributed by atoms with E-state index < -0.39 is 10.0 Å². The van der Waals surface area contributed by atoms with Gasteiger partial charge in [0.25, 0.3) is 0 Å². The van der Waals surface area contributed by atoms with Crippen LogP contribution in [0.5, 0.6) is 0 Å². The van der Waals surface area contributed by atoms with Crippen molar-refractivity contribution in [1.29, 1.82) is 0 Å². The van der Waals surface area contributed by atoms with Crippen LogP contribution < -0.4 is 5.32 Å². The fourth-order valence-corrected chi connectivity index (χ4v) is 3.77. The molecule has 0 aromatic rings. The number of sulfonamides is 1. The topological polar surface area (TPSA) is 52.7 Å². The van der Waals surface area contributed by atoms with Gasteiger partial charge in [-0.2, -0.15) is 4.31 Å². The molecule has 0 radical (unpaired) electrons. The van der Waals surface area contributed by atoms with Gasteiger partial charge in [0.15, 0.2) is 0 Å². The van der Waals surface area contributed by atoms with Crippen LogP contribution in [0.25, 0.3) is 0 Å². The van der Waals surface area contributed by atoms with Gasteiger partial charge in [-0.25, -0.2) is 8.42 Å². The summed E-state index contributed by atoms with van der Waals surface area (Å²) in [6, 6.07) is 0. The lowest BCUT2D eigenvalue weighted by atomic mass is 9.80. The molecule has 18 heavy (non-hydrogen) atoms. The molecule has 0 amide bonds. The van der Waals surface area contributed by atoms with Crippen molar-refractivity contribution in [2.24, 2.45) is 5.41 Å². The van der Waals surface area contributed by atoms with Gasteiger partial charge in [-0.15, -0.1) is 0 Å². The number of rotatable bonds is 3. The molecule has 6 heteroatoms. The van der Waals surface area contributed by atoms with E-state index in [2.05, 4.69) is 17.1 Å². The average Bonchev–Trinajstić information content (AvgIpc) is 2.29. The summed E-state index contributed by atoms with van der Waals surface area (Å²) in [6.45, 7) is 8.72. The molecule has 0 aliphatic carbocycles. The summed E-state index contributed by atoms with van der Waals surface area (Å²) in [5, 5.41) is 3.40. The molecule has 5 nitrogen and oxygen atoms in total. The molecule has 2 rings (SSSR count). The number of hydrogen-bond donors (Lipinski definition) is 1. The molecule has 2 heterocycles. The second-order valence-electron chi connectivity index (χ2n) is 6.00. The highest BCUT2D eigenvalue weighted by molar-refractivity contribution is 7.88. The lowest BCUT2D eigenvalue weighted by molar-refractivity contribution is 0.100. The Bertz CT molecular complexity index is 369. The minimum absolute atomic E-state index is 0.401. The fraction of sp³-hybridized carbons (Fsp3) is 1.00. The third-order valence-corrected chi connectivity index (χ3v) is 5.52. The molecule has 0 aromatic heterocycles. The smallest absolute Gasteiger partial charge is 0.211 e. The Morgan fingerprint density at radius 3 is 2.17 bits per heavy atom. The molecule has 0 saturated carbocycles. The molecule has 2 aliphatic heterocycles. The number of hydrogen-bond acceptors (Lipinski definition) is 4. The molecule has 0 aromatic carbocycles. The maximum atomic E-state index is 11.4. The first-order chi connectivity index (χ1) is 8.39. The van der Waals surface area contributed by atoms with Crippen molar-refractivity contribution in [3.05, 3.63) is 0 Å². The highest BCUT2D eigenvalue weighted by Gasteiger charge is 2.31. The van der Waals surface area contributed by atoms with Crippen LogP contribution in [0.3, 0.4) is 0 Å². The van der Waals surface area contributed by atoms with Gasteiger partial charge in [0.2, 0.25) is 10.0 Å². The molecule has 2 saturated heterocycles. The molecule has 106 valence electrons. The van der Waals surface area contributed by atoms with Crippen molar-refractivity contribution in [1.82, 2.24) is 14.5 Å². The van der Waals surface area contributed by atoms with Crippen LogP contribution in [0, 0.1) is 5.41 Å². The van der Waals surface area contributed by atoms with Gasteiger partial charge in [0.05, 0.1) is 6.26 Å². The molecule has 0 atom stereocenters. The zero-order valence-electron chi connectivity index (χ0n) is 11.5. The minimum atomic E-state index is -3.00. The van der Waals surface area contributed by atoms with Gasteiger partial charge in [-0.05, 0) is 31.3 Å². The number of piperidine rings is 1. The molecule has 1 N–H and O–H groups in total. The Morgan fingerprint density at radius 2 is 1.67 bits per heavy atom. The summed E-state index contributed by atoms with van der Waals surface area (Å²) in [5.74, 6) is 0. The van der Waals surface area contributed by atoms with E-state index in [1.807, 2.05) is 0 Å². The van der Waals surface area contributed by atoms with Crippen molar-refractivity contribution in [2.75, 3.05) is 52.1 Å². The summed E-state index contributed by atoms with van der Waals surface area (Å²) in [7, 11) is -3.00. The van der Waals surface area contributed by atoms with Crippen LogP contribution in [0.1, 0.15) is 19.8 Å². The van der Waals surface area contributed by atoms with Crippen molar-refractivity contribution < 1.29 is 8.42 Å². The Balaban J connectivity index is 1.83. The second-order valence-corrected chi connectivity index (χ2v) is 7.98. The van der Waals surface area contributed by atoms with Gasteiger partial charge in [-0.1, -0.05) is 6.92 Å². The first-order valence-corrected chi connectivity index (χ1v) is 8.62.